The lowest BCUT2D eigenvalue weighted by Crippen LogP contribution is -2.53. The lowest BCUT2D eigenvalue weighted by Gasteiger charge is -2.37. The lowest BCUT2D eigenvalue weighted by molar-refractivity contribution is -0.149. The van der Waals surface area contributed by atoms with Crippen LogP contribution in [0.4, 0.5) is 10.5 Å². The number of benzene rings is 2. The van der Waals surface area contributed by atoms with Crippen LogP contribution in [0.15, 0.2) is 54.6 Å². The molecule has 1 unspecified atom stereocenters. The monoisotopic (exact) mass is 507 g/mol. The van der Waals surface area contributed by atoms with Crippen molar-refractivity contribution < 1.29 is 23.9 Å². The summed E-state index contributed by atoms with van der Waals surface area (Å²) in [6, 6.07) is 15.4. The van der Waals surface area contributed by atoms with Gasteiger partial charge in [0.2, 0.25) is 0 Å². The number of ether oxygens (including phenoxy) is 2. The molecule has 4 rings (SSSR count). The summed E-state index contributed by atoms with van der Waals surface area (Å²) in [7, 11) is 0. The molecule has 0 bridgehead atoms. The van der Waals surface area contributed by atoms with E-state index < -0.39 is 6.09 Å². The highest BCUT2D eigenvalue weighted by Crippen LogP contribution is 2.23. The molecule has 0 spiro atoms. The summed E-state index contributed by atoms with van der Waals surface area (Å²) in [5, 5.41) is 10.8. The minimum Gasteiger partial charge on any atom is -0.465 e. The highest BCUT2D eigenvalue weighted by atomic mass is 16.6. The number of nitrogens with zero attached hydrogens (tertiary/aromatic N) is 3. The van der Waals surface area contributed by atoms with E-state index in [1.54, 1.807) is 60.4 Å². The average molecular weight is 508 g/mol. The van der Waals surface area contributed by atoms with Crippen molar-refractivity contribution in [1.82, 2.24) is 15.1 Å². The number of esters is 1. The Morgan fingerprint density at radius 2 is 1.73 bits per heavy atom. The van der Waals surface area contributed by atoms with Gasteiger partial charge >= 0.3 is 12.1 Å². The van der Waals surface area contributed by atoms with Gasteiger partial charge in [-0.05, 0) is 50.2 Å². The zero-order valence-electron chi connectivity index (χ0n) is 21.2. The fraction of sp³-hybridized carbons (Fsp3) is 0.407. The number of carbonyl (C=O) groups is 3. The first-order valence-corrected chi connectivity index (χ1v) is 12.5. The van der Waals surface area contributed by atoms with Gasteiger partial charge in [-0.3, -0.25) is 29.7 Å². The molecular weight excluding hydrogens is 474 g/mol. The van der Waals surface area contributed by atoms with Crippen LogP contribution in [0.5, 0.6) is 0 Å². The Labute approximate surface area is 216 Å². The van der Waals surface area contributed by atoms with Crippen LogP contribution in [-0.4, -0.2) is 91.6 Å². The van der Waals surface area contributed by atoms with Crippen molar-refractivity contribution in [2.45, 2.75) is 26.0 Å². The number of amides is 2. The van der Waals surface area contributed by atoms with E-state index in [0.717, 1.165) is 26.2 Å². The van der Waals surface area contributed by atoms with Gasteiger partial charge < -0.3 is 14.8 Å². The minimum absolute atomic E-state index is 0.0151. The first-order chi connectivity index (χ1) is 17.9. The molecule has 196 valence electrons. The predicted octanol–water partition coefficient (Wildman–Crippen LogP) is 2.34. The molecular formula is C27H33N5O5. The Hall–Kier alpha value is -3.76. The van der Waals surface area contributed by atoms with Crippen molar-refractivity contribution in [2.24, 2.45) is 0 Å². The molecule has 37 heavy (non-hydrogen) atoms. The second-order valence-electron chi connectivity index (χ2n) is 9.12. The van der Waals surface area contributed by atoms with Gasteiger partial charge in [-0.1, -0.05) is 18.2 Å². The maximum Gasteiger partial charge on any atom is 0.414 e. The van der Waals surface area contributed by atoms with E-state index in [2.05, 4.69) is 15.1 Å². The van der Waals surface area contributed by atoms with Gasteiger partial charge in [-0.25, -0.2) is 4.79 Å². The summed E-state index contributed by atoms with van der Waals surface area (Å²) in [4.78, 5) is 42.8. The maximum atomic E-state index is 12.6. The molecule has 0 saturated carbocycles. The number of amidine groups is 1. The summed E-state index contributed by atoms with van der Waals surface area (Å²) in [5.74, 6) is -0.563. The molecule has 2 aliphatic heterocycles. The highest BCUT2D eigenvalue weighted by Gasteiger charge is 2.35. The first kappa shape index (κ1) is 26.3. The predicted molar refractivity (Wildman–Crippen MR) is 139 cm³/mol. The summed E-state index contributed by atoms with van der Waals surface area (Å²) in [5.41, 5.74) is 1.68. The van der Waals surface area contributed by atoms with Gasteiger partial charge in [-0.2, -0.15) is 0 Å². The molecule has 10 heteroatoms. The molecule has 2 amide bonds. The fourth-order valence-electron chi connectivity index (χ4n) is 4.52. The fourth-order valence-corrected chi connectivity index (χ4v) is 4.52. The maximum absolute atomic E-state index is 12.6. The van der Waals surface area contributed by atoms with Gasteiger partial charge in [0, 0.05) is 49.5 Å². The zero-order valence-corrected chi connectivity index (χ0v) is 21.2. The van der Waals surface area contributed by atoms with E-state index in [4.69, 9.17) is 14.9 Å². The Bertz CT molecular complexity index is 1120. The third kappa shape index (κ3) is 6.52. The number of piperazine rings is 1. The molecule has 2 saturated heterocycles. The van der Waals surface area contributed by atoms with Crippen LogP contribution in [0.3, 0.4) is 0 Å². The molecule has 0 aromatic heterocycles. The average Bonchev–Trinajstić information content (AvgIpc) is 3.29. The van der Waals surface area contributed by atoms with Crippen molar-refractivity contribution >= 4 is 29.5 Å². The summed E-state index contributed by atoms with van der Waals surface area (Å²) < 4.78 is 10.7. The molecule has 0 aliphatic carbocycles. The summed E-state index contributed by atoms with van der Waals surface area (Å²) in [6.45, 7) is 8.17. The van der Waals surface area contributed by atoms with Crippen molar-refractivity contribution in [1.29, 1.82) is 5.41 Å². The number of hydrogen-bond donors (Lipinski definition) is 2. The van der Waals surface area contributed by atoms with Crippen LogP contribution >= 0.6 is 0 Å². The van der Waals surface area contributed by atoms with Crippen LogP contribution in [0, 0.1) is 5.41 Å². The quantitative estimate of drug-likeness (QED) is 0.320. The van der Waals surface area contributed by atoms with E-state index in [9.17, 15) is 14.4 Å². The van der Waals surface area contributed by atoms with Crippen molar-refractivity contribution in [3.8, 4) is 0 Å². The SMILES string of the molecule is CCOC(=O)[C@H](C)N1CCN(CC2CN(c3ccc(C(=N)NC(=O)c4ccccc4)cc3)C(=O)O2)CC1. The molecule has 2 fully saturated rings. The van der Waals surface area contributed by atoms with E-state index in [1.807, 2.05) is 13.0 Å². The number of carbonyl (C=O) groups excluding carboxylic acids is 3. The number of nitrogens with one attached hydrogen (secondary N) is 2. The van der Waals surface area contributed by atoms with Gasteiger partial charge in [0.1, 0.15) is 18.0 Å². The smallest absolute Gasteiger partial charge is 0.414 e. The lowest BCUT2D eigenvalue weighted by atomic mass is 10.1. The normalized spacial score (nSPS) is 19.2. The first-order valence-electron chi connectivity index (χ1n) is 12.5. The molecule has 2 aromatic rings. The number of anilines is 1. The Balaban J connectivity index is 1.27. The van der Waals surface area contributed by atoms with Crippen molar-refractivity contribution in [3.05, 3.63) is 65.7 Å². The second-order valence-corrected chi connectivity index (χ2v) is 9.12. The van der Waals surface area contributed by atoms with Crippen LogP contribution < -0.4 is 10.2 Å². The van der Waals surface area contributed by atoms with Gasteiger partial charge in [0.05, 0.1) is 13.2 Å². The topological polar surface area (TPSA) is 115 Å². The third-order valence-corrected chi connectivity index (χ3v) is 6.66. The van der Waals surface area contributed by atoms with E-state index in [1.165, 1.54) is 0 Å². The van der Waals surface area contributed by atoms with E-state index >= 15 is 0 Å². The number of cyclic esters (lactones) is 1. The van der Waals surface area contributed by atoms with Gasteiger partial charge in [0.25, 0.3) is 5.91 Å². The summed E-state index contributed by atoms with van der Waals surface area (Å²) in [6.07, 6.45) is -0.663. The molecule has 2 N–H and O–H groups in total. The Morgan fingerprint density at radius 1 is 1.05 bits per heavy atom. The van der Waals surface area contributed by atoms with Crippen LogP contribution in [0.1, 0.15) is 29.8 Å². The van der Waals surface area contributed by atoms with Gasteiger partial charge in [0.15, 0.2) is 0 Å². The van der Waals surface area contributed by atoms with Gasteiger partial charge in [-0.15, -0.1) is 0 Å². The molecule has 2 atom stereocenters. The van der Waals surface area contributed by atoms with Crippen LogP contribution in [0.25, 0.3) is 0 Å². The zero-order chi connectivity index (χ0) is 26.4. The Kier molecular flexibility index (Phi) is 8.52. The third-order valence-electron chi connectivity index (χ3n) is 6.66. The highest BCUT2D eigenvalue weighted by molar-refractivity contribution is 6.11. The number of hydrogen-bond acceptors (Lipinski definition) is 8. The van der Waals surface area contributed by atoms with E-state index in [-0.39, 0.29) is 29.9 Å². The Morgan fingerprint density at radius 3 is 2.38 bits per heavy atom. The summed E-state index contributed by atoms with van der Waals surface area (Å²) >= 11 is 0. The molecule has 2 aliphatic rings. The standard InChI is InChI=1S/C27H33N5O5/c1-3-36-26(34)19(2)31-15-13-30(14-16-31)17-23-18-32(27(35)37-23)22-11-9-20(10-12-22)24(28)29-25(33)21-7-5-4-6-8-21/h4-12,19,23H,3,13-18H2,1-2H3,(H2,28,29,33)/t19-,23?/m0/s1. The molecule has 0 radical (unpaired) electrons. The molecule has 2 heterocycles. The molecule has 2 aromatic carbocycles. The number of rotatable bonds is 8. The molecule has 10 nitrogen and oxygen atoms in total. The van der Waals surface area contributed by atoms with Crippen molar-refractivity contribution in [3.63, 3.8) is 0 Å². The van der Waals surface area contributed by atoms with Crippen LogP contribution in [0.2, 0.25) is 0 Å². The minimum atomic E-state index is -0.403. The van der Waals surface area contributed by atoms with Crippen LogP contribution in [-0.2, 0) is 14.3 Å². The van der Waals surface area contributed by atoms with Crippen molar-refractivity contribution in [2.75, 3.05) is 50.8 Å². The largest absolute Gasteiger partial charge is 0.465 e. The second kappa shape index (κ2) is 12.0. The van der Waals surface area contributed by atoms with E-state index in [0.29, 0.717) is 36.5 Å².